The Morgan fingerprint density at radius 1 is 0.354 bits per heavy atom. The van der Waals surface area contributed by atoms with Gasteiger partial charge in [0.25, 0.3) is 0 Å². The van der Waals surface area contributed by atoms with Crippen molar-refractivity contribution in [2.75, 3.05) is 28.4 Å². The van der Waals surface area contributed by atoms with Gasteiger partial charge >= 0.3 is 0 Å². The van der Waals surface area contributed by atoms with E-state index in [-0.39, 0.29) is 0 Å². The fraction of sp³-hybridized carbons (Fsp3) is 0.143. The Labute approximate surface area is 279 Å². The standard InChI is InChI=1S/C42H36N2O4/c1-25-19-27(43-39-21-29(45-3)9-15-35(39)36-16-10-30(46-4)22-40(36)43)7-13-33(25)34-14-8-28(20-26(34)2)44-41-23-31(47-5)11-17-37(41)38-18-12-32(48-6)24-42(38)44/h7-24H,1-6H3. The van der Waals surface area contributed by atoms with Crippen molar-refractivity contribution < 1.29 is 18.9 Å². The molecule has 0 atom stereocenters. The highest BCUT2D eigenvalue weighted by atomic mass is 16.5. The van der Waals surface area contributed by atoms with Crippen LogP contribution in [0.1, 0.15) is 11.1 Å². The molecule has 0 aliphatic rings. The normalized spacial score (nSPS) is 11.5. The molecule has 0 radical (unpaired) electrons. The highest BCUT2D eigenvalue weighted by Crippen LogP contribution is 2.39. The molecule has 0 saturated carbocycles. The average Bonchev–Trinajstić information content (AvgIpc) is 3.62. The molecule has 0 unspecified atom stereocenters. The van der Waals surface area contributed by atoms with E-state index in [2.05, 4.69) is 108 Å². The van der Waals surface area contributed by atoms with Crippen LogP contribution in [-0.2, 0) is 0 Å². The Kier molecular flexibility index (Phi) is 7.02. The fourth-order valence-corrected chi connectivity index (χ4v) is 7.20. The average molecular weight is 633 g/mol. The highest BCUT2D eigenvalue weighted by molar-refractivity contribution is 6.11. The van der Waals surface area contributed by atoms with E-state index < -0.39 is 0 Å². The SMILES string of the molecule is COc1ccc2c3ccc(OC)cc3n(-c3ccc(-c4ccc(-n5c6cc(OC)ccc6c6ccc(OC)cc65)cc4C)c(C)c3)c2c1. The molecule has 0 aliphatic heterocycles. The Morgan fingerprint density at radius 3 is 0.896 bits per heavy atom. The molecular formula is C42H36N2O4. The van der Waals surface area contributed by atoms with Crippen LogP contribution in [0.15, 0.2) is 109 Å². The predicted octanol–water partition coefficient (Wildman–Crippen LogP) is 10.2. The summed E-state index contributed by atoms with van der Waals surface area (Å²) in [6.07, 6.45) is 0. The lowest BCUT2D eigenvalue weighted by Crippen LogP contribution is -1.98. The van der Waals surface area contributed by atoms with Gasteiger partial charge in [-0.15, -0.1) is 0 Å². The van der Waals surface area contributed by atoms with Crippen LogP contribution in [0.4, 0.5) is 0 Å². The zero-order chi connectivity index (χ0) is 33.1. The number of nitrogens with zero attached hydrogens (tertiary/aromatic N) is 2. The third-order valence-corrected chi connectivity index (χ3v) is 9.59. The first-order valence-corrected chi connectivity index (χ1v) is 16.0. The van der Waals surface area contributed by atoms with Crippen molar-refractivity contribution in [1.29, 1.82) is 0 Å². The fourth-order valence-electron chi connectivity index (χ4n) is 7.20. The maximum atomic E-state index is 5.62. The van der Waals surface area contributed by atoms with Crippen LogP contribution in [0.25, 0.3) is 66.1 Å². The van der Waals surface area contributed by atoms with Gasteiger partial charge in [0.1, 0.15) is 23.0 Å². The lowest BCUT2D eigenvalue weighted by molar-refractivity contribution is 0.415. The summed E-state index contributed by atoms with van der Waals surface area (Å²) in [6.45, 7) is 4.37. The van der Waals surface area contributed by atoms with Crippen LogP contribution >= 0.6 is 0 Å². The number of benzene rings is 6. The first-order valence-electron chi connectivity index (χ1n) is 16.0. The molecule has 238 valence electrons. The molecular weight excluding hydrogens is 596 g/mol. The molecule has 0 spiro atoms. The van der Waals surface area contributed by atoms with Crippen LogP contribution < -0.4 is 18.9 Å². The quantitative estimate of drug-likeness (QED) is 0.175. The molecule has 48 heavy (non-hydrogen) atoms. The van der Waals surface area contributed by atoms with Crippen molar-refractivity contribution in [2.45, 2.75) is 13.8 Å². The van der Waals surface area contributed by atoms with E-state index in [9.17, 15) is 0 Å². The number of aryl methyl sites for hydroxylation is 2. The molecule has 6 nitrogen and oxygen atoms in total. The lowest BCUT2D eigenvalue weighted by Gasteiger charge is -2.16. The predicted molar refractivity (Wildman–Crippen MR) is 196 cm³/mol. The monoisotopic (exact) mass is 632 g/mol. The molecule has 8 aromatic rings. The smallest absolute Gasteiger partial charge is 0.120 e. The molecule has 0 amide bonds. The number of fused-ring (bicyclic) bond motifs is 6. The first-order chi connectivity index (χ1) is 23.4. The van der Waals surface area contributed by atoms with E-state index in [1.165, 1.54) is 43.8 Å². The molecule has 0 aliphatic carbocycles. The van der Waals surface area contributed by atoms with E-state index in [0.29, 0.717) is 0 Å². The second-order valence-corrected chi connectivity index (χ2v) is 12.2. The van der Waals surface area contributed by atoms with E-state index in [0.717, 1.165) is 56.4 Å². The number of rotatable bonds is 7. The van der Waals surface area contributed by atoms with Gasteiger partial charge in [0.05, 0.1) is 50.5 Å². The second-order valence-electron chi connectivity index (χ2n) is 12.2. The summed E-state index contributed by atoms with van der Waals surface area (Å²) in [6, 6.07) is 38.5. The zero-order valence-corrected chi connectivity index (χ0v) is 27.9. The van der Waals surface area contributed by atoms with Gasteiger partial charge in [-0.05, 0) is 109 Å². The number of ether oxygens (including phenoxy) is 4. The highest BCUT2D eigenvalue weighted by Gasteiger charge is 2.18. The summed E-state index contributed by atoms with van der Waals surface area (Å²) in [4.78, 5) is 0. The summed E-state index contributed by atoms with van der Waals surface area (Å²) in [7, 11) is 6.83. The maximum Gasteiger partial charge on any atom is 0.120 e. The largest absolute Gasteiger partial charge is 0.497 e. The van der Waals surface area contributed by atoms with Crippen LogP contribution in [0.3, 0.4) is 0 Å². The summed E-state index contributed by atoms with van der Waals surface area (Å²) >= 11 is 0. The Morgan fingerprint density at radius 2 is 0.646 bits per heavy atom. The van der Waals surface area contributed by atoms with Crippen LogP contribution in [0.2, 0.25) is 0 Å². The van der Waals surface area contributed by atoms with Crippen molar-refractivity contribution in [2.24, 2.45) is 0 Å². The van der Waals surface area contributed by atoms with Gasteiger partial charge in [-0.2, -0.15) is 0 Å². The third-order valence-electron chi connectivity index (χ3n) is 9.59. The van der Waals surface area contributed by atoms with Crippen molar-refractivity contribution in [3.05, 3.63) is 120 Å². The molecule has 0 N–H and O–H groups in total. The first kappa shape index (κ1) is 29.5. The van der Waals surface area contributed by atoms with Gasteiger partial charge in [0.2, 0.25) is 0 Å². The summed E-state index contributed by atoms with van der Waals surface area (Å²) < 4.78 is 27.1. The van der Waals surface area contributed by atoms with E-state index in [1.807, 2.05) is 24.3 Å². The minimum atomic E-state index is 0.822. The van der Waals surface area contributed by atoms with Gasteiger partial charge in [0.15, 0.2) is 0 Å². The Bertz CT molecular complexity index is 2240. The van der Waals surface area contributed by atoms with Crippen molar-refractivity contribution in [3.63, 3.8) is 0 Å². The zero-order valence-electron chi connectivity index (χ0n) is 27.9. The number of hydrogen-bond donors (Lipinski definition) is 0. The van der Waals surface area contributed by atoms with Crippen molar-refractivity contribution >= 4 is 43.6 Å². The molecule has 2 heterocycles. The number of hydrogen-bond acceptors (Lipinski definition) is 4. The van der Waals surface area contributed by atoms with Gasteiger partial charge in [-0.1, -0.05) is 12.1 Å². The minimum Gasteiger partial charge on any atom is -0.497 e. The molecule has 2 aromatic heterocycles. The molecule has 0 saturated heterocycles. The second kappa shape index (κ2) is 11.4. The minimum absolute atomic E-state index is 0.822. The van der Waals surface area contributed by atoms with Gasteiger partial charge in [0, 0.05) is 57.2 Å². The van der Waals surface area contributed by atoms with Crippen molar-refractivity contribution in [1.82, 2.24) is 9.13 Å². The van der Waals surface area contributed by atoms with Crippen LogP contribution in [0, 0.1) is 13.8 Å². The third kappa shape index (κ3) is 4.55. The molecule has 6 heteroatoms. The lowest BCUT2D eigenvalue weighted by atomic mass is 9.95. The van der Waals surface area contributed by atoms with Gasteiger partial charge in [-0.3, -0.25) is 0 Å². The van der Waals surface area contributed by atoms with E-state index in [1.54, 1.807) is 28.4 Å². The van der Waals surface area contributed by atoms with E-state index in [4.69, 9.17) is 18.9 Å². The number of methoxy groups -OCH3 is 4. The summed E-state index contributed by atoms with van der Waals surface area (Å²) in [5.74, 6) is 3.29. The topological polar surface area (TPSA) is 46.8 Å². The van der Waals surface area contributed by atoms with E-state index >= 15 is 0 Å². The summed E-state index contributed by atoms with van der Waals surface area (Å²) in [5.41, 5.74) is 11.3. The Balaban J connectivity index is 1.26. The van der Waals surface area contributed by atoms with Crippen LogP contribution in [0.5, 0.6) is 23.0 Å². The molecule has 6 aromatic carbocycles. The molecule has 0 fully saturated rings. The van der Waals surface area contributed by atoms with Gasteiger partial charge < -0.3 is 28.1 Å². The summed E-state index contributed by atoms with van der Waals surface area (Å²) in [5, 5.41) is 4.67. The molecule has 0 bridgehead atoms. The van der Waals surface area contributed by atoms with Crippen molar-refractivity contribution in [3.8, 4) is 45.5 Å². The number of aromatic nitrogens is 2. The molecule has 8 rings (SSSR count). The Hall–Kier alpha value is -5.88. The maximum absolute atomic E-state index is 5.62. The van der Waals surface area contributed by atoms with Crippen LogP contribution in [-0.4, -0.2) is 37.6 Å². The van der Waals surface area contributed by atoms with Gasteiger partial charge in [-0.25, -0.2) is 0 Å².